The van der Waals surface area contributed by atoms with Crippen LogP contribution >= 0.6 is 0 Å². The third kappa shape index (κ3) is 6.65. The highest BCUT2D eigenvalue weighted by Gasteiger charge is 2.53. The third-order valence-corrected chi connectivity index (χ3v) is 4.36. The average Bonchev–Trinajstić information content (AvgIpc) is 2.56. The summed E-state index contributed by atoms with van der Waals surface area (Å²) < 4.78 is 21.9. The number of hydrogen-bond acceptors (Lipinski definition) is 9. The summed E-state index contributed by atoms with van der Waals surface area (Å²) >= 11 is 0. The molecule has 0 bridgehead atoms. The van der Waals surface area contributed by atoms with E-state index in [2.05, 4.69) is 0 Å². The maximum absolute atomic E-state index is 12.6. The van der Waals surface area contributed by atoms with Crippen LogP contribution in [0.4, 0.5) is 0 Å². The smallest absolute Gasteiger partial charge is 0.311 e. The van der Waals surface area contributed by atoms with Crippen molar-refractivity contribution in [2.24, 2.45) is 16.2 Å². The fraction of sp³-hybridized carbons (Fsp3) is 0.857. The van der Waals surface area contributed by atoms with Crippen LogP contribution in [-0.4, -0.2) is 65.4 Å². The Morgan fingerprint density at radius 3 is 1.37 bits per heavy atom. The molecule has 0 radical (unpaired) electrons. The molecule has 1 heterocycles. The number of esters is 3. The molecule has 2 N–H and O–H groups in total. The van der Waals surface area contributed by atoms with Gasteiger partial charge in [0.05, 0.1) is 22.9 Å². The van der Waals surface area contributed by atoms with Gasteiger partial charge in [0.15, 0.2) is 24.6 Å². The first-order chi connectivity index (χ1) is 13.4. The number of aliphatic hydroxyl groups excluding tert-OH is 2. The second kappa shape index (κ2) is 9.20. The second-order valence-corrected chi connectivity index (χ2v) is 10.6. The molecule has 9 heteroatoms. The van der Waals surface area contributed by atoms with Gasteiger partial charge < -0.3 is 29.2 Å². The van der Waals surface area contributed by atoms with E-state index in [9.17, 15) is 24.6 Å². The Balaban J connectivity index is 3.37. The summed E-state index contributed by atoms with van der Waals surface area (Å²) in [6.45, 7) is 14.0. The van der Waals surface area contributed by atoms with E-state index in [1.54, 1.807) is 62.3 Å². The summed E-state index contributed by atoms with van der Waals surface area (Å²) in [5, 5.41) is 20.2. The van der Waals surface area contributed by atoms with E-state index in [1.807, 2.05) is 0 Å². The number of aliphatic hydroxyl groups is 2. The van der Waals surface area contributed by atoms with Crippen molar-refractivity contribution < 1.29 is 43.5 Å². The molecule has 1 saturated heterocycles. The molecular formula is C21H36O9. The zero-order valence-corrected chi connectivity index (χ0v) is 19.3. The Labute approximate surface area is 178 Å². The highest BCUT2D eigenvalue weighted by atomic mass is 16.7. The number of hydrogen-bond donors (Lipinski definition) is 2. The molecule has 30 heavy (non-hydrogen) atoms. The Kier molecular flexibility index (Phi) is 8.07. The van der Waals surface area contributed by atoms with Crippen molar-refractivity contribution in [1.29, 1.82) is 0 Å². The number of rotatable bonds is 4. The van der Waals surface area contributed by atoms with E-state index >= 15 is 0 Å². The molecule has 5 atom stereocenters. The van der Waals surface area contributed by atoms with E-state index in [1.165, 1.54) is 0 Å². The zero-order valence-electron chi connectivity index (χ0n) is 19.3. The molecule has 0 aromatic heterocycles. The van der Waals surface area contributed by atoms with Crippen LogP contribution in [0.5, 0.6) is 0 Å². The lowest BCUT2D eigenvalue weighted by Crippen LogP contribution is -2.63. The molecule has 0 unspecified atom stereocenters. The van der Waals surface area contributed by atoms with Crippen molar-refractivity contribution in [3.8, 4) is 0 Å². The number of ether oxygens (including phenoxy) is 4. The fourth-order valence-corrected chi connectivity index (χ4v) is 2.35. The molecule has 1 aliphatic rings. The summed E-state index contributed by atoms with van der Waals surface area (Å²) in [5.41, 5.74) is -2.73. The SMILES string of the molecule is CC(C)(C)C(=O)O[C@@H]1[C@@H](OC(=O)C(C)(C)C)[C@H](O)O[C@H](CO)[C@H]1OC(=O)C(C)(C)C. The number of carbonyl (C=O) groups is 3. The van der Waals surface area contributed by atoms with Gasteiger partial charge >= 0.3 is 17.9 Å². The van der Waals surface area contributed by atoms with E-state index in [0.29, 0.717) is 0 Å². The topological polar surface area (TPSA) is 129 Å². The van der Waals surface area contributed by atoms with Gasteiger partial charge in [0.1, 0.15) is 6.10 Å². The second-order valence-electron chi connectivity index (χ2n) is 10.6. The Morgan fingerprint density at radius 2 is 1.03 bits per heavy atom. The predicted molar refractivity (Wildman–Crippen MR) is 106 cm³/mol. The van der Waals surface area contributed by atoms with Crippen molar-refractivity contribution in [3.05, 3.63) is 0 Å². The lowest BCUT2D eigenvalue weighted by molar-refractivity contribution is -0.300. The van der Waals surface area contributed by atoms with Crippen LogP contribution in [0.3, 0.4) is 0 Å². The molecule has 0 amide bonds. The van der Waals surface area contributed by atoms with Crippen LogP contribution in [0, 0.1) is 16.2 Å². The van der Waals surface area contributed by atoms with Gasteiger partial charge in [-0.25, -0.2) is 0 Å². The molecule has 0 saturated carbocycles. The monoisotopic (exact) mass is 432 g/mol. The van der Waals surface area contributed by atoms with Gasteiger partial charge in [-0.15, -0.1) is 0 Å². The minimum absolute atomic E-state index is 0.622. The Morgan fingerprint density at radius 1 is 0.700 bits per heavy atom. The van der Waals surface area contributed by atoms with Crippen molar-refractivity contribution in [2.75, 3.05) is 6.61 Å². The van der Waals surface area contributed by atoms with Gasteiger partial charge in [-0.2, -0.15) is 0 Å². The number of carbonyl (C=O) groups excluding carboxylic acids is 3. The maximum atomic E-state index is 12.6. The first-order valence-corrected chi connectivity index (χ1v) is 9.97. The van der Waals surface area contributed by atoms with E-state index in [0.717, 1.165) is 0 Å². The molecule has 0 aromatic rings. The normalized spacial score (nSPS) is 27.9. The van der Waals surface area contributed by atoms with Crippen molar-refractivity contribution in [2.45, 2.75) is 93.0 Å². The fourth-order valence-electron chi connectivity index (χ4n) is 2.35. The van der Waals surface area contributed by atoms with Gasteiger partial charge in [-0.3, -0.25) is 14.4 Å². The van der Waals surface area contributed by atoms with Gasteiger partial charge in [-0.1, -0.05) is 0 Å². The van der Waals surface area contributed by atoms with Crippen LogP contribution < -0.4 is 0 Å². The molecule has 1 fully saturated rings. The largest absolute Gasteiger partial charge is 0.455 e. The molecule has 9 nitrogen and oxygen atoms in total. The van der Waals surface area contributed by atoms with Gasteiger partial charge in [0.2, 0.25) is 0 Å². The lowest BCUT2D eigenvalue weighted by Gasteiger charge is -2.44. The van der Waals surface area contributed by atoms with Gasteiger partial charge in [0, 0.05) is 0 Å². The third-order valence-electron chi connectivity index (χ3n) is 4.36. The predicted octanol–water partition coefficient (Wildman–Crippen LogP) is 1.57. The molecule has 0 spiro atoms. The quantitative estimate of drug-likeness (QED) is 0.502. The zero-order chi connectivity index (χ0) is 23.7. The molecular weight excluding hydrogens is 396 g/mol. The van der Waals surface area contributed by atoms with Crippen molar-refractivity contribution >= 4 is 17.9 Å². The maximum Gasteiger partial charge on any atom is 0.311 e. The van der Waals surface area contributed by atoms with E-state index in [-0.39, 0.29) is 0 Å². The van der Waals surface area contributed by atoms with Crippen LogP contribution in [-0.2, 0) is 33.3 Å². The Hall–Kier alpha value is -1.71. The summed E-state index contributed by atoms with van der Waals surface area (Å²) in [7, 11) is 0. The molecule has 0 aromatic carbocycles. The van der Waals surface area contributed by atoms with E-state index < -0.39 is 71.5 Å². The summed E-state index contributed by atoms with van der Waals surface area (Å²) in [5.74, 6) is -1.97. The summed E-state index contributed by atoms with van der Waals surface area (Å²) in [6.07, 6.45) is -7.02. The highest BCUT2D eigenvalue weighted by molar-refractivity contribution is 5.77. The van der Waals surface area contributed by atoms with E-state index in [4.69, 9.17) is 18.9 Å². The van der Waals surface area contributed by atoms with Crippen molar-refractivity contribution in [1.82, 2.24) is 0 Å². The molecule has 174 valence electrons. The van der Waals surface area contributed by atoms with Crippen LogP contribution in [0.2, 0.25) is 0 Å². The first-order valence-electron chi connectivity index (χ1n) is 9.97. The standard InChI is InChI=1S/C21H36O9/c1-19(2,3)16(24)28-12-11(10-22)27-15(23)14(30-18(26)21(7,8)9)13(12)29-17(25)20(4,5)6/h11-15,22-23H,10H2,1-9H3/t11-,12-,13+,14-,15-/m1/s1. The van der Waals surface area contributed by atoms with Gasteiger partial charge in [0.25, 0.3) is 0 Å². The molecule has 0 aliphatic carbocycles. The van der Waals surface area contributed by atoms with Crippen LogP contribution in [0.1, 0.15) is 62.3 Å². The molecule has 1 aliphatic heterocycles. The van der Waals surface area contributed by atoms with Gasteiger partial charge in [-0.05, 0) is 62.3 Å². The average molecular weight is 433 g/mol. The summed E-state index contributed by atoms with van der Waals surface area (Å²) in [6, 6.07) is 0. The van der Waals surface area contributed by atoms with Crippen molar-refractivity contribution in [3.63, 3.8) is 0 Å². The summed E-state index contributed by atoms with van der Waals surface area (Å²) in [4.78, 5) is 37.6. The minimum atomic E-state index is -1.70. The molecule has 1 rings (SSSR count). The van der Waals surface area contributed by atoms with Crippen LogP contribution in [0.25, 0.3) is 0 Å². The lowest BCUT2D eigenvalue weighted by atomic mass is 9.93. The Bertz CT molecular complexity index is 636. The minimum Gasteiger partial charge on any atom is -0.455 e. The van der Waals surface area contributed by atoms with Crippen LogP contribution in [0.15, 0.2) is 0 Å². The first kappa shape index (κ1) is 26.3. The highest BCUT2D eigenvalue weighted by Crippen LogP contribution is 2.32.